The van der Waals surface area contributed by atoms with Gasteiger partial charge in [-0.25, -0.2) is 4.98 Å². The van der Waals surface area contributed by atoms with Gasteiger partial charge in [-0.15, -0.1) is 11.3 Å². The number of benzene rings is 1. The number of aryl methyl sites for hydroxylation is 1. The molecule has 2 aromatic rings. The molecule has 0 aliphatic heterocycles. The van der Waals surface area contributed by atoms with Crippen molar-refractivity contribution in [2.45, 2.75) is 110 Å². The predicted molar refractivity (Wildman–Crippen MR) is 118 cm³/mol. The van der Waals surface area contributed by atoms with Crippen molar-refractivity contribution < 1.29 is 0 Å². The topological polar surface area (TPSA) is 12.9 Å². The van der Waals surface area contributed by atoms with Gasteiger partial charge in [0.15, 0.2) is 0 Å². The first-order valence-electron chi connectivity index (χ1n) is 11.2. The summed E-state index contributed by atoms with van der Waals surface area (Å²) in [6, 6.07) is 8.50. The van der Waals surface area contributed by atoms with E-state index in [0.29, 0.717) is 0 Å². The minimum atomic E-state index is 1.16. The molecule has 0 fully saturated rings. The molecule has 1 aromatic carbocycles. The Morgan fingerprint density at radius 2 is 1.15 bits per heavy atom. The number of nitrogens with zero attached hydrogens (tertiary/aromatic N) is 1. The van der Waals surface area contributed by atoms with Crippen LogP contribution in [0.5, 0.6) is 0 Å². The molecular formula is C24H39NS. The number of unbranched alkanes of at least 4 members (excludes halogenated alkanes) is 14. The van der Waals surface area contributed by atoms with Crippen LogP contribution in [0.4, 0.5) is 0 Å². The van der Waals surface area contributed by atoms with E-state index in [0.717, 1.165) is 6.42 Å². The lowest BCUT2D eigenvalue weighted by Crippen LogP contribution is -1.86. The Bertz CT molecular complexity index is 541. The Kier molecular flexibility index (Phi) is 11.7. The first-order chi connectivity index (χ1) is 12.9. The first kappa shape index (κ1) is 21.4. The third-order valence-electron chi connectivity index (χ3n) is 5.33. The van der Waals surface area contributed by atoms with E-state index >= 15 is 0 Å². The van der Waals surface area contributed by atoms with Crippen molar-refractivity contribution in [2.75, 3.05) is 0 Å². The maximum absolute atomic E-state index is 4.73. The largest absolute Gasteiger partial charge is 0.241 e. The summed E-state index contributed by atoms with van der Waals surface area (Å²) >= 11 is 1.87. The molecule has 0 atom stereocenters. The summed E-state index contributed by atoms with van der Waals surface area (Å²) in [5, 5.41) is 1.32. The molecule has 146 valence electrons. The first-order valence-corrected chi connectivity index (χ1v) is 12.1. The Labute approximate surface area is 165 Å². The van der Waals surface area contributed by atoms with Crippen LogP contribution in [0.15, 0.2) is 24.3 Å². The van der Waals surface area contributed by atoms with Gasteiger partial charge in [-0.3, -0.25) is 0 Å². The van der Waals surface area contributed by atoms with Gasteiger partial charge in [0, 0.05) is 0 Å². The molecule has 0 aliphatic carbocycles. The molecule has 0 bridgehead atoms. The number of para-hydroxylation sites is 1. The highest BCUT2D eigenvalue weighted by Gasteiger charge is 2.02. The lowest BCUT2D eigenvalue weighted by Gasteiger charge is -2.03. The Hall–Kier alpha value is -0.890. The summed E-state index contributed by atoms with van der Waals surface area (Å²) in [7, 11) is 0. The SMILES string of the molecule is CCCCCCCCCCCCCCCCCc1nc2ccccc2s1. The molecule has 0 amide bonds. The van der Waals surface area contributed by atoms with Gasteiger partial charge in [-0.1, -0.05) is 109 Å². The van der Waals surface area contributed by atoms with E-state index in [9.17, 15) is 0 Å². The maximum atomic E-state index is 4.73. The van der Waals surface area contributed by atoms with Gasteiger partial charge in [-0.05, 0) is 25.0 Å². The van der Waals surface area contributed by atoms with Crippen molar-refractivity contribution in [1.29, 1.82) is 0 Å². The lowest BCUT2D eigenvalue weighted by molar-refractivity contribution is 0.532. The highest BCUT2D eigenvalue weighted by atomic mass is 32.1. The summed E-state index contributed by atoms with van der Waals surface area (Å²) in [5.41, 5.74) is 1.17. The van der Waals surface area contributed by atoms with Gasteiger partial charge < -0.3 is 0 Å². The molecular weight excluding hydrogens is 334 g/mol. The van der Waals surface area contributed by atoms with E-state index in [1.165, 1.54) is 112 Å². The van der Waals surface area contributed by atoms with Crippen molar-refractivity contribution in [3.63, 3.8) is 0 Å². The number of fused-ring (bicyclic) bond motifs is 1. The van der Waals surface area contributed by atoms with Crippen LogP contribution in [-0.4, -0.2) is 4.98 Å². The Morgan fingerprint density at radius 3 is 1.69 bits per heavy atom. The second-order valence-electron chi connectivity index (χ2n) is 7.78. The van der Waals surface area contributed by atoms with Crippen LogP contribution in [0.3, 0.4) is 0 Å². The summed E-state index contributed by atoms with van der Waals surface area (Å²) < 4.78 is 1.34. The molecule has 0 unspecified atom stereocenters. The predicted octanol–water partition coefficient (Wildman–Crippen LogP) is 8.71. The highest BCUT2D eigenvalue weighted by molar-refractivity contribution is 7.18. The lowest BCUT2D eigenvalue weighted by atomic mass is 10.0. The molecule has 0 saturated heterocycles. The van der Waals surface area contributed by atoms with Crippen molar-refractivity contribution in [3.05, 3.63) is 29.3 Å². The number of hydrogen-bond acceptors (Lipinski definition) is 2. The van der Waals surface area contributed by atoms with Crippen LogP contribution in [0, 0.1) is 0 Å². The van der Waals surface area contributed by atoms with Gasteiger partial charge in [0.1, 0.15) is 0 Å². The minimum Gasteiger partial charge on any atom is -0.241 e. The normalized spacial score (nSPS) is 11.4. The van der Waals surface area contributed by atoms with Crippen LogP contribution in [0.2, 0.25) is 0 Å². The molecule has 0 aliphatic rings. The second-order valence-corrected chi connectivity index (χ2v) is 8.89. The van der Waals surface area contributed by atoms with Crippen LogP contribution in [0.1, 0.15) is 108 Å². The maximum Gasteiger partial charge on any atom is 0.0938 e. The third-order valence-corrected chi connectivity index (χ3v) is 6.43. The quantitative estimate of drug-likeness (QED) is 0.268. The Balaban J connectivity index is 1.34. The van der Waals surface area contributed by atoms with Crippen molar-refractivity contribution in [3.8, 4) is 0 Å². The number of hydrogen-bond donors (Lipinski definition) is 0. The fraction of sp³-hybridized carbons (Fsp3) is 0.708. The van der Waals surface area contributed by atoms with Crippen molar-refractivity contribution in [1.82, 2.24) is 4.98 Å². The average Bonchev–Trinajstić information content (AvgIpc) is 3.07. The summed E-state index contributed by atoms with van der Waals surface area (Å²) in [6.07, 6.45) is 22.6. The smallest absolute Gasteiger partial charge is 0.0938 e. The van der Waals surface area contributed by atoms with Crippen LogP contribution in [0.25, 0.3) is 10.2 Å². The summed E-state index contributed by atoms with van der Waals surface area (Å²) in [6.45, 7) is 2.29. The molecule has 1 aromatic heterocycles. The van der Waals surface area contributed by atoms with E-state index in [1.807, 2.05) is 11.3 Å². The molecule has 26 heavy (non-hydrogen) atoms. The van der Waals surface area contributed by atoms with Gasteiger partial charge in [-0.2, -0.15) is 0 Å². The fourth-order valence-corrected chi connectivity index (χ4v) is 4.68. The average molecular weight is 374 g/mol. The van der Waals surface area contributed by atoms with Crippen LogP contribution >= 0.6 is 11.3 Å². The highest BCUT2D eigenvalue weighted by Crippen LogP contribution is 2.23. The summed E-state index contributed by atoms with van der Waals surface area (Å²) in [4.78, 5) is 4.73. The minimum absolute atomic E-state index is 1.16. The zero-order valence-corrected chi connectivity index (χ0v) is 17.8. The van der Waals surface area contributed by atoms with E-state index in [-0.39, 0.29) is 0 Å². The van der Waals surface area contributed by atoms with E-state index in [4.69, 9.17) is 4.98 Å². The fourth-order valence-electron chi connectivity index (χ4n) is 3.67. The molecule has 0 saturated carbocycles. The third kappa shape index (κ3) is 9.16. The molecule has 2 heteroatoms. The Morgan fingerprint density at radius 1 is 0.654 bits per heavy atom. The van der Waals surface area contributed by atoms with Gasteiger partial charge >= 0.3 is 0 Å². The van der Waals surface area contributed by atoms with Crippen molar-refractivity contribution >= 4 is 21.6 Å². The number of thiazole rings is 1. The molecule has 0 spiro atoms. The summed E-state index contributed by atoms with van der Waals surface area (Å²) in [5.74, 6) is 0. The number of rotatable bonds is 16. The molecule has 1 nitrogen and oxygen atoms in total. The molecule has 2 rings (SSSR count). The van der Waals surface area contributed by atoms with Crippen LogP contribution < -0.4 is 0 Å². The van der Waals surface area contributed by atoms with Crippen molar-refractivity contribution in [2.24, 2.45) is 0 Å². The standard InChI is InChI=1S/C24H39NS/c1-2-3-4-5-6-7-8-9-10-11-12-13-14-15-16-21-24-25-22-19-17-18-20-23(22)26-24/h17-20H,2-16,21H2,1H3. The molecule has 1 heterocycles. The van der Waals surface area contributed by atoms with Gasteiger partial charge in [0.2, 0.25) is 0 Å². The molecule has 0 N–H and O–H groups in total. The zero-order valence-electron chi connectivity index (χ0n) is 17.0. The monoisotopic (exact) mass is 373 g/mol. The van der Waals surface area contributed by atoms with Gasteiger partial charge in [0.25, 0.3) is 0 Å². The van der Waals surface area contributed by atoms with E-state index in [2.05, 4.69) is 31.2 Å². The van der Waals surface area contributed by atoms with Crippen LogP contribution in [-0.2, 0) is 6.42 Å². The number of aromatic nitrogens is 1. The van der Waals surface area contributed by atoms with E-state index < -0.39 is 0 Å². The second kappa shape index (κ2) is 14.2. The van der Waals surface area contributed by atoms with Gasteiger partial charge in [0.05, 0.1) is 15.2 Å². The molecule has 0 radical (unpaired) electrons. The van der Waals surface area contributed by atoms with E-state index in [1.54, 1.807) is 0 Å². The zero-order chi connectivity index (χ0) is 18.3.